The van der Waals surface area contributed by atoms with Gasteiger partial charge in [-0.1, -0.05) is 278 Å². The third-order valence-electron chi connectivity index (χ3n) is 12.9. The molecule has 0 fully saturated rings. The summed E-state index contributed by atoms with van der Waals surface area (Å²) >= 11 is 0. The maximum atomic E-state index is 12.3. The van der Waals surface area contributed by atoms with Gasteiger partial charge >= 0.3 is 11.9 Å². The molecule has 5 nitrogen and oxygen atoms in total. The van der Waals surface area contributed by atoms with Crippen LogP contribution in [-0.2, 0) is 19.1 Å². The molecule has 0 aromatic rings. The zero-order valence-corrected chi connectivity index (χ0v) is 46.0. The number of esters is 2. The zero-order chi connectivity index (χ0) is 50.6. The van der Waals surface area contributed by atoms with Gasteiger partial charge in [-0.2, -0.15) is 0 Å². The van der Waals surface area contributed by atoms with Crippen molar-refractivity contribution in [1.29, 1.82) is 0 Å². The van der Waals surface area contributed by atoms with E-state index in [0.29, 0.717) is 12.8 Å². The standard InChI is InChI=1S/C65H112O5/c1-3-5-7-9-11-13-15-17-19-20-21-22-23-24-25-26-27-28-29-30-31-32-33-34-35-36-37-38-39-40-41-42-43-44-46-48-50-52-54-56-58-60-65(68)70-63(61-66)62-69-64(67)59-57-55-53-51-49-47-45-18-16-14-12-10-8-6-4-2/h5-8,11-14,17-19,21-22,45,49,51,63,66H,3-4,9-10,15-16,20,23-44,46-48,50,52-62H2,1-2H3/b7-5-,8-6-,13-11-,14-12-,19-17-,22-21-,45-18-,51-49-. The van der Waals surface area contributed by atoms with Gasteiger partial charge < -0.3 is 14.6 Å². The molecule has 0 spiro atoms. The van der Waals surface area contributed by atoms with Gasteiger partial charge in [0.15, 0.2) is 6.10 Å². The van der Waals surface area contributed by atoms with Crippen molar-refractivity contribution in [2.75, 3.05) is 13.2 Å². The molecule has 0 rings (SSSR count). The lowest BCUT2D eigenvalue weighted by atomic mass is 10.0. The number of hydrogen-bond donors (Lipinski definition) is 1. The Hall–Kier alpha value is -3.18. The molecule has 0 saturated heterocycles. The first-order valence-corrected chi connectivity index (χ1v) is 29.8. The maximum Gasteiger partial charge on any atom is 0.306 e. The van der Waals surface area contributed by atoms with E-state index < -0.39 is 6.10 Å². The Morgan fingerprint density at radius 3 is 0.886 bits per heavy atom. The van der Waals surface area contributed by atoms with Crippen molar-refractivity contribution in [3.8, 4) is 0 Å². The summed E-state index contributed by atoms with van der Waals surface area (Å²) < 4.78 is 10.6. The molecule has 0 aliphatic heterocycles. The topological polar surface area (TPSA) is 72.8 Å². The zero-order valence-electron chi connectivity index (χ0n) is 46.0. The van der Waals surface area contributed by atoms with Crippen LogP contribution in [0.2, 0.25) is 0 Å². The van der Waals surface area contributed by atoms with Crippen LogP contribution in [0.25, 0.3) is 0 Å². The second kappa shape index (κ2) is 60.1. The predicted octanol–water partition coefficient (Wildman–Crippen LogP) is 20.3. The molecular weight excluding hydrogens is 861 g/mol. The highest BCUT2D eigenvalue weighted by molar-refractivity contribution is 5.70. The third-order valence-corrected chi connectivity index (χ3v) is 12.9. The van der Waals surface area contributed by atoms with Crippen molar-refractivity contribution >= 4 is 11.9 Å². The average Bonchev–Trinajstić information content (AvgIpc) is 3.36. The fraction of sp³-hybridized carbons (Fsp3) is 0.723. The quantitative estimate of drug-likeness (QED) is 0.0373. The highest BCUT2D eigenvalue weighted by Crippen LogP contribution is 2.17. The Morgan fingerprint density at radius 2 is 0.571 bits per heavy atom. The number of hydrogen-bond acceptors (Lipinski definition) is 5. The van der Waals surface area contributed by atoms with Gasteiger partial charge in [0.05, 0.1) is 6.61 Å². The summed E-state index contributed by atoms with van der Waals surface area (Å²) in [5, 5.41) is 9.63. The summed E-state index contributed by atoms with van der Waals surface area (Å²) in [6, 6.07) is 0. The Kier molecular flexibility index (Phi) is 57.4. The van der Waals surface area contributed by atoms with Crippen LogP contribution < -0.4 is 0 Å². The smallest absolute Gasteiger partial charge is 0.306 e. The minimum absolute atomic E-state index is 0.0882. The molecule has 0 amide bonds. The van der Waals surface area contributed by atoms with Gasteiger partial charge in [-0.3, -0.25) is 9.59 Å². The van der Waals surface area contributed by atoms with E-state index in [0.717, 1.165) is 89.9 Å². The Balaban J connectivity index is 3.40. The van der Waals surface area contributed by atoms with Crippen LogP contribution in [0.1, 0.15) is 284 Å². The number of aliphatic hydroxyl groups excluding tert-OH is 1. The molecule has 1 unspecified atom stereocenters. The number of aliphatic hydroxyl groups is 1. The lowest BCUT2D eigenvalue weighted by Crippen LogP contribution is -2.28. The van der Waals surface area contributed by atoms with Crippen molar-refractivity contribution in [3.05, 3.63) is 97.2 Å². The number of allylic oxidation sites excluding steroid dienone is 16. The van der Waals surface area contributed by atoms with Crippen molar-refractivity contribution in [1.82, 2.24) is 0 Å². The molecule has 5 heteroatoms. The first kappa shape index (κ1) is 66.8. The van der Waals surface area contributed by atoms with Crippen LogP contribution in [0, 0.1) is 0 Å². The molecule has 0 bridgehead atoms. The number of rotatable bonds is 54. The summed E-state index contributed by atoms with van der Waals surface area (Å²) in [4.78, 5) is 24.4. The summed E-state index contributed by atoms with van der Waals surface area (Å²) in [6.45, 7) is 3.89. The van der Waals surface area contributed by atoms with Crippen LogP contribution in [0.5, 0.6) is 0 Å². The SMILES string of the molecule is CC/C=C\C/C=C\C/C=C\C/C=C\CCCCCCCCCCCCCCCCCCCCCCCCCCCCCCC(=O)OC(CO)COC(=O)CCCC/C=C\C/C=C\C/C=C\C/C=C\CC. The second-order valence-electron chi connectivity index (χ2n) is 19.7. The van der Waals surface area contributed by atoms with Crippen molar-refractivity contribution < 1.29 is 24.2 Å². The fourth-order valence-corrected chi connectivity index (χ4v) is 8.48. The molecule has 0 radical (unpaired) electrons. The molecule has 1 atom stereocenters. The molecule has 0 heterocycles. The van der Waals surface area contributed by atoms with Gasteiger partial charge in [-0.05, 0) is 89.9 Å². The molecule has 0 aliphatic rings. The largest absolute Gasteiger partial charge is 0.462 e. The predicted molar refractivity (Wildman–Crippen MR) is 306 cm³/mol. The number of carbonyl (C=O) groups is 2. The van der Waals surface area contributed by atoms with E-state index in [9.17, 15) is 14.7 Å². The first-order valence-electron chi connectivity index (χ1n) is 29.8. The minimum atomic E-state index is -0.791. The summed E-state index contributed by atoms with van der Waals surface area (Å²) in [5.74, 6) is -0.633. The van der Waals surface area contributed by atoms with Crippen LogP contribution in [-0.4, -0.2) is 36.4 Å². The monoisotopic (exact) mass is 973 g/mol. The van der Waals surface area contributed by atoms with E-state index in [2.05, 4.69) is 111 Å². The molecule has 1 N–H and O–H groups in total. The van der Waals surface area contributed by atoms with E-state index >= 15 is 0 Å². The normalized spacial score (nSPS) is 12.9. The summed E-state index contributed by atoms with van der Waals surface area (Å²) in [7, 11) is 0. The Morgan fingerprint density at radius 1 is 0.329 bits per heavy atom. The fourth-order valence-electron chi connectivity index (χ4n) is 8.48. The van der Waals surface area contributed by atoms with E-state index in [1.807, 2.05) is 0 Å². The van der Waals surface area contributed by atoms with E-state index in [-0.39, 0.29) is 25.2 Å². The molecule has 0 aliphatic carbocycles. The van der Waals surface area contributed by atoms with Gasteiger partial charge in [0.2, 0.25) is 0 Å². The van der Waals surface area contributed by atoms with Crippen molar-refractivity contribution in [2.45, 2.75) is 290 Å². The lowest BCUT2D eigenvalue weighted by molar-refractivity contribution is -0.161. The maximum absolute atomic E-state index is 12.3. The second-order valence-corrected chi connectivity index (χ2v) is 19.7. The third kappa shape index (κ3) is 57.4. The lowest BCUT2D eigenvalue weighted by Gasteiger charge is -2.15. The number of unbranched alkanes of at least 4 members (excludes halogenated alkanes) is 30. The minimum Gasteiger partial charge on any atom is -0.462 e. The average molecular weight is 974 g/mol. The first-order chi connectivity index (χ1) is 34.6. The summed E-state index contributed by atoms with van der Waals surface area (Å²) in [6.07, 6.45) is 85.7. The summed E-state index contributed by atoms with van der Waals surface area (Å²) in [5.41, 5.74) is 0. The highest BCUT2D eigenvalue weighted by atomic mass is 16.6. The number of ether oxygens (including phenoxy) is 2. The van der Waals surface area contributed by atoms with Crippen LogP contribution >= 0.6 is 0 Å². The molecule has 0 saturated carbocycles. The van der Waals surface area contributed by atoms with E-state index in [1.165, 1.54) is 167 Å². The number of carbonyl (C=O) groups excluding carboxylic acids is 2. The van der Waals surface area contributed by atoms with Crippen molar-refractivity contribution in [3.63, 3.8) is 0 Å². The Bertz CT molecular complexity index is 1330. The van der Waals surface area contributed by atoms with Crippen molar-refractivity contribution in [2.24, 2.45) is 0 Å². The van der Waals surface area contributed by atoms with E-state index in [1.54, 1.807) is 0 Å². The molecule has 402 valence electrons. The van der Waals surface area contributed by atoms with E-state index in [4.69, 9.17) is 9.47 Å². The molecule has 0 aromatic heterocycles. The molecular formula is C65H112O5. The van der Waals surface area contributed by atoms with Gasteiger partial charge in [0, 0.05) is 12.8 Å². The van der Waals surface area contributed by atoms with Crippen LogP contribution in [0.3, 0.4) is 0 Å². The van der Waals surface area contributed by atoms with Gasteiger partial charge in [0.1, 0.15) is 6.61 Å². The molecule has 70 heavy (non-hydrogen) atoms. The van der Waals surface area contributed by atoms with Crippen LogP contribution in [0.4, 0.5) is 0 Å². The van der Waals surface area contributed by atoms with Gasteiger partial charge in [-0.25, -0.2) is 0 Å². The Labute approximate surface area is 434 Å². The highest BCUT2D eigenvalue weighted by Gasteiger charge is 2.16. The van der Waals surface area contributed by atoms with Crippen LogP contribution in [0.15, 0.2) is 97.2 Å². The van der Waals surface area contributed by atoms with Gasteiger partial charge in [-0.15, -0.1) is 0 Å². The molecule has 0 aromatic carbocycles. The van der Waals surface area contributed by atoms with Gasteiger partial charge in [0.25, 0.3) is 0 Å².